The second-order valence-electron chi connectivity index (χ2n) is 12.6. The van der Waals surface area contributed by atoms with Crippen LogP contribution in [0.3, 0.4) is 0 Å². The van der Waals surface area contributed by atoms with Crippen LogP contribution in [0.5, 0.6) is 0 Å². The monoisotopic (exact) mass is 679 g/mol. The SMILES string of the molecule is [CH2-][P+]1(N(CCCP(c2ccccc2)c2ccccc2)P(c2ccccc2)c2ccccc2)[C@@H](c2ccccc2)CC[C@@H]1c1ccccc1. The van der Waals surface area contributed by atoms with Crippen LogP contribution < -0.4 is 21.2 Å². The van der Waals surface area contributed by atoms with Crippen molar-refractivity contribution in [3.05, 3.63) is 200 Å². The molecule has 6 aromatic rings. The van der Waals surface area contributed by atoms with Gasteiger partial charge in [0.2, 0.25) is 0 Å². The van der Waals surface area contributed by atoms with Crippen molar-refractivity contribution in [2.24, 2.45) is 0 Å². The van der Waals surface area contributed by atoms with Gasteiger partial charge in [-0.15, -0.1) is 0 Å². The lowest BCUT2D eigenvalue weighted by atomic mass is 10.0. The molecule has 4 heteroatoms. The number of hydrogen-bond acceptors (Lipinski definition) is 1. The van der Waals surface area contributed by atoms with E-state index in [1.54, 1.807) is 0 Å². The standard InChI is InChI=1S/C44H44NP3/c1-48(43(37-21-8-2-9-22-37)33-34-44(48)38-23-10-3-11-24-38)45(47(41-29-16-6-17-30-41)42-31-18-7-19-32-42)35-20-36-46(39-25-12-4-13-26-39)40-27-14-5-15-28-40/h2-19,21-32,43-44H,1,20,33-36H2/t43-,44-/m1/s1. The molecule has 0 radical (unpaired) electrons. The zero-order valence-electron chi connectivity index (χ0n) is 27.5. The molecule has 1 saturated heterocycles. The summed E-state index contributed by atoms with van der Waals surface area (Å²) in [6.45, 7) is 6.56. The van der Waals surface area contributed by atoms with Gasteiger partial charge in [0.25, 0.3) is 0 Å². The van der Waals surface area contributed by atoms with Crippen molar-refractivity contribution in [3.8, 4) is 0 Å². The van der Waals surface area contributed by atoms with Crippen LogP contribution in [0, 0.1) is 6.66 Å². The Bertz CT molecular complexity index is 1690. The quantitative estimate of drug-likeness (QED) is 0.0919. The van der Waals surface area contributed by atoms with Crippen molar-refractivity contribution in [1.82, 2.24) is 4.44 Å². The van der Waals surface area contributed by atoms with E-state index in [1.807, 2.05) is 0 Å². The number of hydrogen-bond donors (Lipinski definition) is 0. The molecular weight excluding hydrogens is 635 g/mol. The second-order valence-corrected chi connectivity index (χ2v) is 20.9. The van der Waals surface area contributed by atoms with Gasteiger partial charge in [0.05, 0.1) is 19.4 Å². The van der Waals surface area contributed by atoms with Gasteiger partial charge in [-0.3, -0.25) is 0 Å². The molecule has 240 valence electrons. The molecule has 7 rings (SSSR count). The molecule has 0 N–H and O–H groups in total. The summed E-state index contributed by atoms with van der Waals surface area (Å²) >= 11 is 0. The molecule has 6 aromatic carbocycles. The molecule has 1 fully saturated rings. The Morgan fingerprint density at radius 2 is 0.812 bits per heavy atom. The number of benzene rings is 6. The fourth-order valence-corrected chi connectivity index (χ4v) is 18.8. The molecule has 1 aliphatic heterocycles. The number of nitrogens with zero attached hydrogens (tertiary/aromatic N) is 1. The highest BCUT2D eigenvalue weighted by Gasteiger charge is 2.55. The molecule has 48 heavy (non-hydrogen) atoms. The normalized spacial score (nSPS) is 17.2. The maximum Gasteiger partial charge on any atom is 0.0845 e. The van der Waals surface area contributed by atoms with Crippen molar-refractivity contribution in [3.63, 3.8) is 0 Å². The Labute approximate surface area is 291 Å². The molecule has 0 aliphatic carbocycles. The predicted octanol–water partition coefficient (Wildman–Crippen LogP) is 10.9. The molecule has 1 aliphatic rings. The minimum atomic E-state index is -2.07. The fraction of sp³-hybridized carbons (Fsp3) is 0.159. The first-order chi connectivity index (χ1) is 23.7. The Balaban J connectivity index is 1.35. The molecule has 0 saturated carbocycles. The molecule has 0 aromatic heterocycles. The Kier molecular flexibility index (Phi) is 10.9. The first-order valence-corrected chi connectivity index (χ1v) is 22.0. The average Bonchev–Trinajstić information content (AvgIpc) is 3.52. The van der Waals surface area contributed by atoms with Gasteiger partial charge in [-0.05, 0) is 73.1 Å². The third-order valence-corrected chi connectivity index (χ3v) is 20.4. The zero-order chi connectivity index (χ0) is 32.6. The lowest BCUT2D eigenvalue weighted by Crippen LogP contribution is -2.32. The third kappa shape index (κ3) is 7.13. The molecule has 0 bridgehead atoms. The van der Waals surface area contributed by atoms with Crippen molar-refractivity contribution in [2.45, 2.75) is 30.6 Å². The van der Waals surface area contributed by atoms with Crippen LogP contribution in [0.2, 0.25) is 0 Å². The molecule has 0 unspecified atom stereocenters. The Morgan fingerprint density at radius 3 is 1.19 bits per heavy atom. The summed E-state index contributed by atoms with van der Waals surface area (Å²) in [4.78, 5) is 0. The highest BCUT2D eigenvalue weighted by atomic mass is 31.2. The zero-order valence-corrected chi connectivity index (χ0v) is 30.2. The summed E-state index contributed by atoms with van der Waals surface area (Å²) in [5.41, 5.74) is 3.75. The smallest absolute Gasteiger partial charge is 0.0845 e. The Morgan fingerprint density at radius 1 is 0.479 bits per heavy atom. The van der Waals surface area contributed by atoms with Crippen LogP contribution in [-0.2, 0) is 0 Å². The predicted molar refractivity (Wildman–Crippen MR) is 214 cm³/mol. The van der Waals surface area contributed by atoms with Crippen molar-refractivity contribution in [1.29, 1.82) is 0 Å². The van der Waals surface area contributed by atoms with Gasteiger partial charge in [0.15, 0.2) is 0 Å². The van der Waals surface area contributed by atoms with E-state index in [-0.39, 0.29) is 0 Å². The van der Waals surface area contributed by atoms with Crippen molar-refractivity contribution < 1.29 is 0 Å². The van der Waals surface area contributed by atoms with Crippen LogP contribution in [0.1, 0.15) is 41.7 Å². The van der Waals surface area contributed by atoms with E-state index in [0.717, 1.165) is 19.1 Å². The summed E-state index contributed by atoms with van der Waals surface area (Å²) in [6.07, 6.45) is 4.61. The summed E-state index contributed by atoms with van der Waals surface area (Å²) in [6, 6.07) is 67.8. The third-order valence-electron chi connectivity index (χ3n) is 9.70. The first kappa shape index (κ1) is 33.1. The van der Waals surface area contributed by atoms with Crippen LogP contribution in [0.25, 0.3) is 0 Å². The largest absolute Gasteiger partial charge is 0.179 e. The van der Waals surface area contributed by atoms with Gasteiger partial charge in [-0.1, -0.05) is 182 Å². The molecule has 0 amide bonds. The van der Waals surface area contributed by atoms with Gasteiger partial charge in [0, 0.05) is 6.54 Å². The van der Waals surface area contributed by atoms with Crippen molar-refractivity contribution >= 4 is 44.6 Å². The lowest BCUT2D eigenvalue weighted by Gasteiger charge is -2.49. The molecule has 2 atom stereocenters. The molecule has 1 nitrogen and oxygen atoms in total. The lowest BCUT2D eigenvalue weighted by molar-refractivity contribution is 0.664. The van der Waals surface area contributed by atoms with E-state index >= 15 is 0 Å². The van der Waals surface area contributed by atoms with Gasteiger partial charge < -0.3 is 0 Å². The summed E-state index contributed by atoms with van der Waals surface area (Å²) in [5.74, 6) is 0. The Hall–Kier alpha value is -3.43. The van der Waals surface area contributed by atoms with E-state index in [0.29, 0.717) is 11.3 Å². The van der Waals surface area contributed by atoms with Crippen LogP contribution in [-0.4, -0.2) is 17.1 Å². The maximum atomic E-state index is 5.53. The topological polar surface area (TPSA) is 3.24 Å². The molecule has 1 heterocycles. The fourth-order valence-electron chi connectivity index (χ4n) is 7.50. The highest BCUT2D eigenvalue weighted by molar-refractivity contribution is 7.87. The van der Waals surface area contributed by atoms with Gasteiger partial charge in [-0.2, -0.15) is 11.1 Å². The van der Waals surface area contributed by atoms with Crippen LogP contribution in [0.15, 0.2) is 182 Å². The highest BCUT2D eigenvalue weighted by Crippen LogP contribution is 2.88. The summed E-state index contributed by atoms with van der Waals surface area (Å²) in [7, 11) is -3.36. The minimum absolute atomic E-state index is 0.422. The second kappa shape index (κ2) is 15.9. The molecule has 0 spiro atoms. The van der Waals surface area contributed by atoms with E-state index < -0.39 is 23.4 Å². The summed E-state index contributed by atoms with van der Waals surface area (Å²) < 4.78 is 3.01. The maximum absolute atomic E-state index is 5.53. The average molecular weight is 680 g/mol. The van der Waals surface area contributed by atoms with Crippen LogP contribution >= 0.6 is 23.4 Å². The van der Waals surface area contributed by atoms with E-state index in [1.165, 1.54) is 45.2 Å². The van der Waals surface area contributed by atoms with E-state index in [4.69, 9.17) is 6.66 Å². The molecular formula is C44H44NP3. The van der Waals surface area contributed by atoms with Crippen molar-refractivity contribution in [2.75, 3.05) is 12.7 Å². The van der Waals surface area contributed by atoms with Crippen LogP contribution in [0.4, 0.5) is 0 Å². The first-order valence-electron chi connectivity index (χ1n) is 17.1. The minimum Gasteiger partial charge on any atom is -0.179 e. The van der Waals surface area contributed by atoms with Gasteiger partial charge in [-0.25, -0.2) is 0 Å². The van der Waals surface area contributed by atoms with E-state index in [9.17, 15) is 0 Å². The summed E-state index contributed by atoms with van der Waals surface area (Å²) in [5, 5.41) is 5.76. The number of rotatable bonds is 12. The van der Waals surface area contributed by atoms with E-state index in [2.05, 4.69) is 186 Å². The van der Waals surface area contributed by atoms with Gasteiger partial charge in [0.1, 0.15) is 0 Å². The van der Waals surface area contributed by atoms with Gasteiger partial charge >= 0.3 is 0 Å².